The predicted octanol–water partition coefficient (Wildman–Crippen LogP) is 5.85. The van der Waals surface area contributed by atoms with Crippen molar-refractivity contribution in [2.24, 2.45) is 11.8 Å². The summed E-state index contributed by atoms with van der Waals surface area (Å²) in [6.45, 7) is 3.38. The predicted molar refractivity (Wildman–Crippen MR) is 159 cm³/mol. The Bertz CT molecular complexity index is 583. The second-order valence-corrected chi connectivity index (χ2v) is 11.8. The highest BCUT2D eigenvalue weighted by atomic mass is 16.5. The molecule has 0 fully saturated rings. The third kappa shape index (κ3) is 25.7. The van der Waals surface area contributed by atoms with Gasteiger partial charge in [0, 0.05) is 6.42 Å². The highest BCUT2D eigenvalue weighted by Crippen LogP contribution is 2.21. The van der Waals surface area contributed by atoms with Crippen molar-refractivity contribution in [2.75, 3.05) is 26.4 Å². The summed E-state index contributed by atoms with van der Waals surface area (Å²) in [5.41, 5.74) is 0. The summed E-state index contributed by atoms with van der Waals surface area (Å²) in [4.78, 5) is 24.2. The van der Waals surface area contributed by atoms with Gasteiger partial charge in [-0.2, -0.15) is 0 Å². The number of carbonyl (C=O) groups is 2. The monoisotopic (exact) mass is 574 g/mol. The van der Waals surface area contributed by atoms with Crippen molar-refractivity contribution in [2.45, 2.75) is 154 Å². The lowest BCUT2D eigenvalue weighted by Crippen LogP contribution is -2.25. The fourth-order valence-corrected chi connectivity index (χ4v) is 4.77. The molecule has 0 heterocycles. The molecule has 0 aliphatic rings. The van der Waals surface area contributed by atoms with Gasteiger partial charge in [-0.1, -0.05) is 117 Å². The van der Waals surface area contributed by atoms with Gasteiger partial charge in [-0.25, -0.2) is 0 Å². The Labute approximate surface area is 244 Å². The summed E-state index contributed by atoms with van der Waals surface area (Å²) < 4.78 is 10.2. The number of aliphatic hydroxyl groups is 4. The Kier molecular flexibility index (Phi) is 27.1. The van der Waals surface area contributed by atoms with Gasteiger partial charge >= 0.3 is 11.9 Å². The van der Waals surface area contributed by atoms with E-state index in [1.807, 2.05) is 0 Å². The second-order valence-electron chi connectivity index (χ2n) is 11.8. The summed E-state index contributed by atoms with van der Waals surface area (Å²) in [6, 6.07) is 0. The van der Waals surface area contributed by atoms with Gasteiger partial charge in [-0.05, 0) is 25.2 Å². The first-order chi connectivity index (χ1) is 19.3. The van der Waals surface area contributed by atoms with Crippen LogP contribution in [0, 0.1) is 11.8 Å². The lowest BCUT2D eigenvalue weighted by molar-refractivity contribution is -0.153. The minimum absolute atomic E-state index is 0.172. The van der Waals surface area contributed by atoms with Crippen LogP contribution in [0.5, 0.6) is 0 Å². The quantitative estimate of drug-likeness (QED) is 0.0645. The van der Waals surface area contributed by atoms with Crippen molar-refractivity contribution in [1.29, 1.82) is 0 Å². The number of hydrogen-bond donors (Lipinski definition) is 4. The number of aliphatic hydroxyl groups excluding tert-OH is 4. The number of ether oxygens (including phenoxy) is 2. The molecule has 238 valence electrons. The van der Waals surface area contributed by atoms with E-state index in [2.05, 4.69) is 13.8 Å². The fraction of sp³-hybridized carbons (Fsp3) is 0.938. The van der Waals surface area contributed by atoms with Crippen molar-refractivity contribution < 1.29 is 39.5 Å². The van der Waals surface area contributed by atoms with Gasteiger partial charge in [0.25, 0.3) is 0 Å². The van der Waals surface area contributed by atoms with Gasteiger partial charge in [0.05, 0.1) is 19.1 Å². The molecule has 3 atom stereocenters. The summed E-state index contributed by atoms with van der Waals surface area (Å²) >= 11 is 0. The lowest BCUT2D eigenvalue weighted by atomic mass is 9.94. The maximum absolute atomic E-state index is 12.6. The van der Waals surface area contributed by atoms with Crippen LogP contribution in [0.1, 0.15) is 142 Å². The van der Waals surface area contributed by atoms with Crippen LogP contribution >= 0.6 is 0 Å². The zero-order chi connectivity index (χ0) is 29.8. The summed E-state index contributed by atoms with van der Waals surface area (Å²) in [5.74, 6) is -0.0149. The first-order valence-electron chi connectivity index (χ1n) is 16.2. The molecule has 0 aromatic heterocycles. The van der Waals surface area contributed by atoms with Crippen LogP contribution in [-0.4, -0.2) is 71.0 Å². The van der Waals surface area contributed by atoms with Crippen LogP contribution in [0.15, 0.2) is 0 Å². The number of esters is 2. The van der Waals surface area contributed by atoms with Crippen molar-refractivity contribution in [3.05, 3.63) is 0 Å². The molecule has 0 aromatic carbocycles. The minimum atomic E-state index is -1.04. The second kappa shape index (κ2) is 27.9. The SMILES string of the molecule is CC(C)CCCCCCCCCCCCCC(CCCCCCCC(=O)OCC(O)CO)C(=O)OCC(O)CO. The molecule has 0 rings (SSSR count). The molecule has 0 aromatic rings. The Balaban J connectivity index is 4.02. The first-order valence-corrected chi connectivity index (χ1v) is 16.2. The van der Waals surface area contributed by atoms with E-state index >= 15 is 0 Å². The summed E-state index contributed by atoms with van der Waals surface area (Å²) in [5, 5.41) is 36.5. The molecular weight excluding hydrogens is 512 g/mol. The highest BCUT2D eigenvalue weighted by molar-refractivity contribution is 5.72. The van der Waals surface area contributed by atoms with E-state index in [0.29, 0.717) is 12.8 Å². The molecule has 0 aliphatic heterocycles. The fourth-order valence-electron chi connectivity index (χ4n) is 4.77. The van der Waals surface area contributed by atoms with E-state index in [-0.39, 0.29) is 31.1 Å². The van der Waals surface area contributed by atoms with Crippen molar-refractivity contribution in [1.82, 2.24) is 0 Å². The number of unbranched alkanes of at least 4 members (excludes halogenated alkanes) is 14. The molecule has 4 N–H and O–H groups in total. The Morgan fingerprint density at radius 2 is 0.925 bits per heavy atom. The van der Waals surface area contributed by atoms with Crippen LogP contribution in [0.4, 0.5) is 0 Å². The van der Waals surface area contributed by atoms with Gasteiger partial charge in [0.1, 0.15) is 25.4 Å². The van der Waals surface area contributed by atoms with Gasteiger partial charge in [0.2, 0.25) is 0 Å². The van der Waals surface area contributed by atoms with Crippen molar-refractivity contribution in [3.8, 4) is 0 Å². The average molecular weight is 575 g/mol. The van der Waals surface area contributed by atoms with E-state index in [4.69, 9.17) is 19.7 Å². The highest BCUT2D eigenvalue weighted by Gasteiger charge is 2.20. The van der Waals surface area contributed by atoms with Crippen LogP contribution < -0.4 is 0 Å². The standard InChI is InChI=1S/C32H62O8/c1-27(2)19-15-11-8-6-4-3-5-7-9-12-16-20-28(32(38)40-26-30(36)24-34)21-17-13-10-14-18-22-31(37)39-25-29(35)23-33/h27-30,33-36H,3-26H2,1-2H3. The van der Waals surface area contributed by atoms with Gasteiger partial charge in [-0.15, -0.1) is 0 Å². The van der Waals surface area contributed by atoms with E-state index in [1.54, 1.807) is 0 Å². The van der Waals surface area contributed by atoms with Crippen molar-refractivity contribution >= 4 is 11.9 Å². The zero-order valence-electron chi connectivity index (χ0n) is 25.7. The van der Waals surface area contributed by atoms with Crippen LogP contribution in [0.25, 0.3) is 0 Å². The van der Waals surface area contributed by atoms with E-state index in [9.17, 15) is 19.8 Å². The normalized spacial score (nSPS) is 13.8. The molecule has 0 saturated carbocycles. The molecule has 40 heavy (non-hydrogen) atoms. The molecule has 8 heteroatoms. The van der Waals surface area contributed by atoms with Gasteiger partial charge in [-0.3, -0.25) is 9.59 Å². The van der Waals surface area contributed by atoms with E-state index in [0.717, 1.165) is 57.3 Å². The maximum atomic E-state index is 12.6. The topological polar surface area (TPSA) is 134 Å². The molecular formula is C32H62O8. The Morgan fingerprint density at radius 3 is 1.35 bits per heavy atom. The number of carbonyl (C=O) groups excluding carboxylic acids is 2. The molecule has 3 unspecified atom stereocenters. The molecule has 8 nitrogen and oxygen atoms in total. The minimum Gasteiger partial charge on any atom is -0.463 e. The van der Waals surface area contributed by atoms with Crippen LogP contribution in [0.3, 0.4) is 0 Å². The molecule has 0 aliphatic carbocycles. The van der Waals surface area contributed by atoms with Crippen LogP contribution in [0.2, 0.25) is 0 Å². The van der Waals surface area contributed by atoms with Crippen LogP contribution in [-0.2, 0) is 19.1 Å². The third-order valence-corrected chi connectivity index (χ3v) is 7.38. The molecule has 0 bridgehead atoms. The van der Waals surface area contributed by atoms with E-state index < -0.39 is 25.4 Å². The lowest BCUT2D eigenvalue weighted by Gasteiger charge is -2.17. The molecule has 0 amide bonds. The maximum Gasteiger partial charge on any atom is 0.309 e. The molecule has 0 spiro atoms. The average Bonchev–Trinajstić information content (AvgIpc) is 2.94. The largest absolute Gasteiger partial charge is 0.463 e. The zero-order valence-corrected chi connectivity index (χ0v) is 25.7. The van der Waals surface area contributed by atoms with Gasteiger partial charge < -0.3 is 29.9 Å². The molecule has 0 saturated heterocycles. The van der Waals surface area contributed by atoms with Gasteiger partial charge in [0.15, 0.2) is 0 Å². The Hall–Kier alpha value is -1.22. The molecule has 0 radical (unpaired) electrons. The van der Waals surface area contributed by atoms with Crippen molar-refractivity contribution in [3.63, 3.8) is 0 Å². The Morgan fingerprint density at radius 1 is 0.550 bits per heavy atom. The third-order valence-electron chi connectivity index (χ3n) is 7.38. The number of rotatable bonds is 29. The summed E-state index contributed by atoms with van der Waals surface area (Å²) in [6.07, 6.45) is 19.5. The summed E-state index contributed by atoms with van der Waals surface area (Å²) in [7, 11) is 0. The first kappa shape index (κ1) is 38.8. The van der Waals surface area contributed by atoms with E-state index in [1.165, 1.54) is 64.2 Å². The number of hydrogen-bond acceptors (Lipinski definition) is 8. The smallest absolute Gasteiger partial charge is 0.309 e.